The lowest BCUT2D eigenvalue weighted by molar-refractivity contribution is -0.185. The van der Waals surface area contributed by atoms with Gasteiger partial charge in [-0.15, -0.1) is 0 Å². The number of fused-ring (bicyclic) bond motifs is 3. The second kappa shape index (κ2) is 10.8. The predicted molar refractivity (Wildman–Crippen MR) is 138 cm³/mol. The molecule has 1 N–H and O–H groups in total. The first kappa shape index (κ1) is 26.8. The van der Waals surface area contributed by atoms with Crippen molar-refractivity contribution in [2.24, 2.45) is 11.8 Å². The van der Waals surface area contributed by atoms with Gasteiger partial charge in [-0.2, -0.15) is 18.4 Å². The van der Waals surface area contributed by atoms with Gasteiger partial charge in [0.25, 0.3) is 0 Å². The maximum Gasteiger partial charge on any atom is 0.391 e. The Hall–Kier alpha value is -2.79. The summed E-state index contributed by atoms with van der Waals surface area (Å²) in [6.45, 7) is 2.15. The summed E-state index contributed by atoms with van der Waals surface area (Å²) >= 11 is 0. The molecule has 2 aliphatic heterocycles. The van der Waals surface area contributed by atoms with E-state index < -0.39 is 18.1 Å². The van der Waals surface area contributed by atoms with E-state index in [1.165, 1.54) is 0 Å². The van der Waals surface area contributed by atoms with Gasteiger partial charge < -0.3 is 9.84 Å². The minimum Gasteiger partial charge on any atom is -0.489 e. The van der Waals surface area contributed by atoms with Crippen molar-refractivity contribution < 1.29 is 27.8 Å². The minimum atomic E-state index is -4.17. The van der Waals surface area contributed by atoms with E-state index in [0.717, 1.165) is 42.0 Å². The molecule has 2 bridgehead atoms. The average Bonchev–Trinajstić information content (AvgIpc) is 2.88. The van der Waals surface area contributed by atoms with Gasteiger partial charge in [0.2, 0.25) is 0 Å². The van der Waals surface area contributed by atoms with Crippen LogP contribution in [-0.4, -0.2) is 40.3 Å². The van der Waals surface area contributed by atoms with Crippen LogP contribution in [0, 0.1) is 23.2 Å². The molecule has 2 aromatic rings. The second-order valence-corrected chi connectivity index (χ2v) is 11.3. The third-order valence-electron chi connectivity index (χ3n) is 9.06. The van der Waals surface area contributed by atoms with Crippen molar-refractivity contribution in [2.75, 3.05) is 0 Å². The molecule has 0 spiro atoms. The van der Waals surface area contributed by atoms with Gasteiger partial charge in [0, 0.05) is 23.5 Å². The van der Waals surface area contributed by atoms with Gasteiger partial charge in [0.05, 0.1) is 17.9 Å². The van der Waals surface area contributed by atoms with Gasteiger partial charge in [-0.05, 0) is 80.9 Å². The van der Waals surface area contributed by atoms with Crippen molar-refractivity contribution in [1.82, 2.24) is 4.90 Å². The number of ether oxygens (including phenoxy) is 1. The molecule has 204 valence electrons. The predicted octanol–water partition coefficient (Wildman–Crippen LogP) is 7.38. The number of nitriles is 1. The molecule has 3 atom stereocenters. The summed E-state index contributed by atoms with van der Waals surface area (Å²) in [5.41, 5.74) is 1.52. The van der Waals surface area contributed by atoms with Crippen LogP contribution in [0.2, 0.25) is 0 Å². The average molecular weight is 529 g/mol. The molecule has 3 unspecified atom stereocenters. The first-order valence-electron chi connectivity index (χ1n) is 13.9. The zero-order valence-electron chi connectivity index (χ0n) is 21.7. The molecule has 2 heterocycles. The molecule has 3 aliphatic rings. The molecule has 1 saturated carbocycles. The Morgan fingerprint density at radius 3 is 2.34 bits per heavy atom. The molecule has 0 aromatic heterocycles. The van der Waals surface area contributed by atoms with Gasteiger partial charge in [-0.3, -0.25) is 9.69 Å². The Kier molecular flexibility index (Phi) is 7.59. The van der Waals surface area contributed by atoms with Crippen LogP contribution in [0.15, 0.2) is 30.3 Å². The van der Waals surface area contributed by atoms with Crippen LogP contribution in [0.25, 0.3) is 10.8 Å². The highest BCUT2D eigenvalue weighted by molar-refractivity contribution is 5.90. The Balaban J connectivity index is 1.41. The zero-order valence-corrected chi connectivity index (χ0v) is 21.7. The van der Waals surface area contributed by atoms with Crippen LogP contribution >= 0.6 is 0 Å². The number of rotatable bonds is 6. The molecular weight excluding hydrogens is 493 g/mol. The highest BCUT2D eigenvalue weighted by Crippen LogP contribution is 2.44. The Labute approximate surface area is 221 Å². The lowest BCUT2D eigenvalue weighted by Crippen LogP contribution is -2.54. The smallest absolute Gasteiger partial charge is 0.391 e. The van der Waals surface area contributed by atoms with Crippen LogP contribution in [0.4, 0.5) is 13.2 Å². The van der Waals surface area contributed by atoms with Crippen molar-refractivity contribution >= 4 is 16.7 Å². The number of alkyl halides is 3. The van der Waals surface area contributed by atoms with Crippen LogP contribution in [-0.2, 0) is 4.79 Å². The number of carboxylic acid groups (broad SMARTS) is 1. The van der Waals surface area contributed by atoms with Crippen molar-refractivity contribution in [3.63, 3.8) is 0 Å². The van der Waals surface area contributed by atoms with Crippen LogP contribution in [0.5, 0.6) is 5.75 Å². The molecule has 0 radical (unpaired) electrons. The number of aliphatic carboxylic acids is 1. The minimum absolute atomic E-state index is 0.0485. The standard InChI is InChI=1S/C30H35F3N2O3/c1-2-27(35-22-4-3-5-23(35)15-20(14-22)29(36)37)19-7-6-18-8-13-28(26(17-34)25(18)16-19)38-24-11-9-21(10-12-24)30(31,32)33/h6-8,13,16,20-24,27H,2-5,9-12,14-15H2,1H3,(H,36,37)/t20?,21-,22?,23?,24+,27?. The fourth-order valence-electron chi connectivity index (χ4n) is 7.17. The summed E-state index contributed by atoms with van der Waals surface area (Å²) in [7, 11) is 0. The molecule has 2 aromatic carbocycles. The Morgan fingerprint density at radius 2 is 1.76 bits per heavy atom. The van der Waals surface area contributed by atoms with Crippen molar-refractivity contribution in [3.05, 3.63) is 41.5 Å². The molecule has 38 heavy (non-hydrogen) atoms. The Bertz CT molecular complexity index is 1200. The van der Waals surface area contributed by atoms with Gasteiger partial charge in [0.15, 0.2) is 0 Å². The quantitative estimate of drug-likeness (QED) is 0.423. The summed E-state index contributed by atoms with van der Waals surface area (Å²) in [6, 6.07) is 12.8. The lowest BCUT2D eigenvalue weighted by atomic mass is 9.76. The van der Waals surface area contributed by atoms with Crippen LogP contribution in [0.1, 0.15) is 88.3 Å². The normalized spacial score (nSPS) is 29.0. The zero-order chi connectivity index (χ0) is 27.0. The number of hydrogen-bond donors (Lipinski definition) is 1. The summed E-state index contributed by atoms with van der Waals surface area (Å²) in [5, 5.41) is 21.4. The number of halogens is 3. The van der Waals surface area contributed by atoms with Gasteiger partial charge in [-0.25, -0.2) is 0 Å². The summed E-state index contributed by atoms with van der Waals surface area (Å²) < 4.78 is 45.3. The molecule has 5 nitrogen and oxygen atoms in total. The van der Waals surface area contributed by atoms with E-state index >= 15 is 0 Å². The van der Waals surface area contributed by atoms with E-state index in [1.54, 1.807) is 6.07 Å². The maximum atomic E-state index is 13.1. The second-order valence-electron chi connectivity index (χ2n) is 11.3. The van der Waals surface area contributed by atoms with Crippen molar-refractivity contribution in [2.45, 2.75) is 102 Å². The monoisotopic (exact) mass is 528 g/mol. The van der Waals surface area contributed by atoms with E-state index in [1.807, 2.05) is 12.1 Å². The molecule has 1 aliphatic carbocycles. The number of nitrogens with zero attached hydrogens (tertiary/aromatic N) is 2. The third kappa shape index (κ3) is 5.22. The summed E-state index contributed by atoms with van der Waals surface area (Å²) in [4.78, 5) is 14.3. The van der Waals surface area contributed by atoms with Gasteiger partial charge >= 0.3 is 12.1 Å². The van der Waals surface area contributed by atoms with E-state index in [9.17, 15) is 28.3 Å². The molecule has 0 amide bonds. The fraction of sp³-hybridized carbons (Fsp3) is 0.600. The number of hydrogen-bond acceptors (Lipinski definition) is 4. The van der Waals surface area contributed by atoms with Crippen LogP contribution in [0.3, 0.4) is 0 Å². The highest BCUT2D eigenvalue weighted by Gasteiger charge is 2.44. The molecular formula is C30H35F3N2O3. The molecule has 3 fully saturated rings. The van der Waals surface area contributed by atoms with E-state index in [2.05, 4.69) is 30.0 Å². The van der Waals surface area contributed by atoms with Crippen LogP contribution < -0.4 is 4.74 Å². The number of benzene rings is 2. The van der Waals surface area contributed by atoms with E-state index in [-0.39, 0.29) is 43.0 Å². The van der Waals surface area contributed by atoms with Gasteiger partial charge in [0.1, 0.15) is 17.4 Å². The first-order chi connectivity index (χ1) is 18.2. The van der Waals surface area contributed by atoms with E-state index in [0.29, 0.717) is 37.0 Å². The third-order valence-corrected chi connectivity index (χ3v) is 9.06. The van der Waals surface area contributed by atoms with Crippen molar-refractivity contribution in [1.29, 1.82) is 5.26 Å². The topological polar surface area (TPSA) is 73.6 Å². The maximum absolute atomic E-state index is 13.1. The lowest BCUT2D eigenvalue weighted by Gasteiger charge is -2.51. The largest absolute Gasteiger partial charge is 0.489 e. The van der Waals surface area contributed by atoms with Gasteiger partial charge in [-0.1, -0.05) is 31.5 Å². The fourth-order valence-corrected chi connectivity index (χ4v) is 7.17. The molecule has 5 rings (SSSR count). The molecule has 8 heteroatoms. The SMILES string of the molecule is CCC(c1ccc2ccc(O[C@H]3CC[C@@H](C(F)(F)F)CC3)c(C#N)c2c1)N1C2CCCC1CC(C(=O)O)C2. The highest BCUT2D eigenvalue weighted by atomic mass is 19.4. The summed E-state index contributed by atoms with van der Waals surface area (Å²) in [5.74, 6) is -1.83. The van der Waals surface area contributed by atoms with E-state index in [4.69, 9.17) is 4.74 Å². The first-order valence-corrected chi connectivity index (χ1v) is 13.9. The Morgan fingerprint density at radius 1 is 1.11 bits per heavy atom. The number of piperidine rings is 2. The van der Waals surface area contributed by atoms with Crippen molar-refractivity contribution in [3.8, 4) is 11.8 Å². The number of carboxylic acids is 1. The molecule has 2 saturated heterocycles. The number of carbonyl (C=O) groups is 1. The summed E-state index contributed by atoms with van der Waals surface area (Å²) in [6.07, 6.45) is 1.58.